The average Bonchev–Trinajstić information content (AvgIpc) is 2.52. The second kappa shape index (κ2) is 9.04. The summed E-state index contributed by atoms with van der Waals surface area (Å²) in [5, 5.41) is 5.83. The number of hydrogen-bond donors (Lipinski definition) is 2. The van der Waals surface area contributed by atoms with Crippen molar-refractivity contribution >= 4 is 34.8 Å². The Hall–Kier alpha value is -1.59. The Bertz CT molecular complexity index is 660. The summed E-state index contributed by atoms with van der Waals surface area (Å²) in [6.07, 6.45) is 0. The lowest BCUT2D eigenvalue weighted by Crippen LogP contribution is -2.92. The predicted molar refractivity (Wildman–Crippen MR) is 97.5 cm³/mol. The molecule has 4 nitrogen and oxygen atoms in total. The molecule has 0 fully saturated rings. The van der Waals surface area contributed by atoms with Crippen molar-refractivity contribution in [2.24, 2.45) is 0 Å². The van der Waals surface area contributed by atoms with Crippen LogP contribution >= 0.6 is 23.2 Å². The van der Waals surface area contributed by atoms with Crippen molar-refractivity contribution in [3.63, 3.8) is 0 Å². The number of quaternary nitrogens is 1. The van der Waals surface area contributed by atoms with Gasteiger partial charge in [0.05, 0.1) is 6.61 Å². The predicted octanol–water partition coefficient (Wildman–Crippen LogP) is 3.27. The molecule has 6 heteroatoms. The molecule has 0 aromatic heterocycles. The molecule has 3 N–H and O–H groups in total. The molecule has 0 heterocycles. The third kappa shape index (κ3) is 5.49. The molecular formula is C18H21Cl2N2O2+. The minimum absolute atomic E-state index is 0.133. The summed E-state index contributed by atoms with van der Waals surface area (Å²) in [6, 6.07) is 14.3. The molecule has 2 aromatic carbocycles. The monoisotopic (exact) mass is 367 g/mol. The number of halogens is 2. The molecule has 0 spiro atoms. The Kier molecular flexibility index (Phi) is 7.06. The summed E-state index contributed by atoms with van der Waals surface area (Å²) in [4.78, 5) is 12.8. The second-order valence-electron chi connectivity index (χ2n) is 5.66. The Labute approximate surface area is 152 Å². The highest BCUT2D eigenvalue weighted by atomic mass is 35.5. The summed E-state index contributed by atoms with van der Waals surface area (Å²) >= 11 is 12.0. The fourth-order valence-electron chi connectivity index (χ4n) is 2.50. The number of benzene rings is 2. The molecule has 0 aliphatic heterocycles. The molecule has 128 valence electrons. The van der Waals surface area contributed by atoms with Crippen molar-refractivity contribution in [2.45, 2.75) is 19.0 Å². The summed E-state index contributed by atoms with van der Waals surface area (Å²) in [5.41, 5.74) is 1.50. The molecule has 0 saturated heterocycles. The number of nitrogens with two attached hydrogens (primary N) is 1. The van der Waals surface area contributed by atoms with Crippen LogP contribution in [0.3, 0.4) is 0 Å². The maximum Gasteiger partial charge on any atom is 0.287 e. The van der Waals surface area contributed by atoms with Crippen LogP contribution in [0.25, 0.3) is 0 Å². The van der Waals surface area contributed by atoms with Gasteiger partial charge in [-0.3, -0.25) is 4.79 Å². The lowest BCUT2D eigenvalue weighted by Gasteiger charge is -2.20. The normalized spacial score (nSPS) is 13.3. The molecule has 0 aliphatic rings. The topological polar surface area (TPSA) is 54.9 Å². The highest BCUT2D eigenvalue weighted by Gasteiger charge is 2.26. The number of anilines is 1. The summed E-state index contributed by atoms with van der Waals surface area (Å²) in [7, 11) is 1.65. The second-order valence-corrected chi connectivity index (χ2v) is 6.53. The van der Waals surface area contributed by atoms with E-state index in [9.17, 15) is 4.79 Å². The standard InChI is InChI=1S/C18H20Cl2N2O2/c1-12(11-24-2)21-17(13-6-4-3-5-7-13)18(23)22-16-9-14(19)8-15(20)10-16/h3-10,12,17,21H,11H2,1-2H3,(H,22,23)/p+1/t12-,17-/m1/s1. The third-order valence-electron chi connectivity index (χ3n) is 3.52. The van der Waals surface area contributed by atoms with Gasteiger partial charge in [-0.1, -0.05) is 53.5 Å². The van der Waals surface area contributed by atoms with Gasteiger partial charge in [0, 0.05) is 28.4 Å². The maximum atomic E-state index is 12.8. The highest BCUT2D eigenvalue weighted by molar-refractivity contribution is 6.35. The summed E-state index contributed by atoms with van der Waals surface area (Å²) < 4.78 is 5.17. The first-order chi connectivity index (χ1) is 11.5. The molecule has 0 aliphatic carbocycles. The largest absolute Gasteiger partial charge is 0.379 e. The average molecular weight is 368 g/mol. The molecule has 2 atom stereocenters. The van der Waals surface area contributed by atoms with Gasteiger partial charge in [0.1, 0.15) is 6.04 Å². The zero-order chi connectivity index (χ0) is 17.5. The Morgan fingerprint density at radius 1 is 1.17 bits per heavy atom. The van der Waals surface area contributed by atoms with Gasteiger partial charge >= 0.3 is 0 Å². The van der Waals surface area contributed by atoms with Crippen LogP contribution in [0, 0.1) is 0 Å². The summed E-state index contributed by atoms with van der Waals surface area (Å²) in [6.45, 7) is 2.57. The van der Waals surface area contributed by atoms with Gasteiger partial charge in [0.15, 0.2) is 6.04 Å². The van der Waals surface area contributed by atoms with Crippen LogP contribution in [-0.2, 0) is 9.53 Å². The van der Waals surface area contributed by atoms with Crippen LogP contribution in [0.2, 0.25) is 10.0 Å². The number of amides is 1. The number of ether oxygens (including phenoxy) is 1. The highest BCUT2D eigenvalue weighted by Crippen LogP contribution is 2.23. The first-order valence-electron chi connectivity index (χ1n) is 7.65. The van der Waals surface area contributed by atoms with E-state index in [0.717, 1.165) is 5.56 Å². The lowest BCUT2D eigenvalue weighted by molar-refractivity contribution is -0.713. The van der Waals surface area contributed by atoms with E-state index in [1.165, 1.54) is 0 Å². The zero-order valence-electron chi connectivity index (χ0n) is 13.6. The van der Waals surface area contributed by atoms with Gasteiger partial charge in [0.25, 0.3) is 5.91 Å². The molecule has 0 saturated carbocycles. The number of carbonyl (C=O) groups is 1. The molecule has 0 unspecified atom stereocenters. The number of carbonyl (C=O) groups excluding carboxylic acids is 1. The first kappa shape index (κ1) is 18.7. The van der Waals surface area contributed by atoms with E-state index in [-0.39, 0.29) is 11.9 Å². The van der Waals surface area contributed by atoms with Crippen LogP contribution in [0.1, 0.15) is 18.5 Å². The fraction of sp³-hybridized carbons (Fsp3) is 0.278. The van der Waals surface area contributed by atoms with E-state index in [2.05, 4.69) is 5.32 Å². The Morgan fingerprint density at radius 2 is 1.79 bits per heavy atom. The van der Waals surface area contributed by atoms with E-state index in [0.29, 0.717) is 22.3 Å². The van der Waals surface area contributed by atoms with Crippen LogP contribution < -0.4 is 10.6 Å². The van der Waals surface area contributed by atoms with Crippen molar-refractivity contribution in [3.05, 3.63) is 64.1 Å². The van der Waals surface area contributed by atoms with E-state index < -0.39 is 6.04 Å². The van der Waals surface area contributed by atoms with Gasteiger partial charge in [-0.2, -0.15) is 0 Å². The molecule has 1 amide bonds. The van der Waals surface area contributed by atoms with Crippen molar-refractivity contribution in [3.8, 4) is 0 Å². The minimum Gasteiger partial charge on any atom is -0.379 e. The Morgan fingerprint density at radius 3 is 2.38 bits per heavy atom. The number of hydrogen-bond acceptors (Lipinski definition) is 2. The smallest absolute Gasteiger partial charge is 0.287 e. The third-order valence-corrected chi connectivity index (χ3v) is 3.96. The van der Waals surface area contributed by atoms with Crippen LogP contribution in [-0.4, -0.2) is 25.7 Å². The molecule has 2 aromatic rings. The first-order valence-corrected chi connectivity index (χ1v) is 8.41. The number of nitrogens with one attached hydrogen (secondary N) is 1. The minimum atomic E-state index is -0.394. The van der Waals surface area contributed by atoms with Crippen molar-refractivity contribution in [2.75, 3.05) is 19.0 Å². The van der Waals surface area contributed by atoms with E-state index in [4.69, 9.17) is 27.9 Å². The Balaban J connectivity index is 2.20. The molecule has 2 rings (SSSR count). The van der Waals surface area contributed by atoms with E-state index >= 15 is 0 Å². The van der Waals surface area contributed by atoms with Gasteiger partial charge in [0.2, 0.25) is 0 Å². The molecule has 0 radical (unpaired) electrons. The van der Waals surface area contributed by atoms with Gasteiger partial charge in [-0.05, 0) is 25.1 Å². The fourth-order valence-corrected chi connectivity index (χ4v) is 3.03. The van der Waals surface area contributed by atoms with Crippen LogP contribution in [0.5, 0.6) is 0 Å². The number of methoxy groups -OCH3 is 1. The quantitative estimate of drug-likeness (QED) is 0.788. The maximum absolute atomic E-state index is 12.8. The SMILES string of the molecule is COC[C@@H](C)[NH2+][C@@H](C(=O)Nc1cc(Cl)cc(Cl)c1)c1ccccc1. The molecule has 24 heavy (non-hydrogen) atoms. The van der Waals surface area contributed by atoms with Gasteiger partial charge in [-0.15, -0.1) is 0 Å². The van der Waals surface area contributed by atoms with E-state index in [1.807, 2.05) is 42.6 Å². The molecule has 0 bridgehead atoms. The summed E-state index contributed by atoms with van der Waals surface area (Å²) in [5.74, 6) is -0.137. The van der Waals surface area contributed by atoms with Crippen LogP contribution in [0.15, 0.2) is 48.5 Å². The molecular weight excluding hydrogens is 347 g/mol. The van der Waals surface area contributed by atoms with Crippen LogP contribution in [0.4, 0.5) is 5.69 Å². The van der Waals surface area contributed by atoms with E-state index in [1.54, 1.807) is 25.3 Å². The van der Waals surface area contributed by atoms with Crippen molar-refractivity contribution in [1.29, 1.82) is 0 Å². The lowest BCUT2D eigenvalue weighted by atomic mass is 10.0. The van der Waals surface area contributed by atoms with Crippen molar-refractivity contribution in [1.82, 2.24) is 0 Å². The van der Waals surface area contributed by atoms with Gasteiger partial charge in [-0.25, -0.2) is 0 Å². The van der Waals surface area contributed by atoms with Gasteiger partial charge < -0.3 is 15.4 Å². The van der Waals surface area contributed by atoms with Crippen molar-refractivity contribution < 1.29 is 14.8 Å². The number of rotatable bonds is 7. The zero-order valence-corrected chi connectivity index (χ0v) is 15.1.